The first-order valence-electron chi connectivity index (χ1n) is 10.7. The van der Waals surface area contributed by atoms with E-state index in [1.54, 1.807) is 6.07 Å². The van der Waals surface area contributed by atoms with E-state index in [1.807, 2.05) is 0 Å². The Kier molecular flexibility index (Phi) is 6.67. The molecule has 198 valence electrons. The van der Waals surface area contributed by atoms with Gasteiger partial charge in [0.2, 0.25) is 0 Å². The van der Waals surface area contributed by atoms with Crippen molar-refractivity contribution in [3.63, 3.8) is 0 Å². The summed E-state index contributed by atoms with van der Waals surface area (Å²) >= 11 is 45.5. The summed E-state index contributed by atoms with van der Waals surface area (Å²) in [5, 5.41) is 12.4. The lowest BCUT2D eigenvalue weighted by Gasteiger charge is -2.37. The minimum Gasteiger partial charge on any atom is -0.272 e. The Morgan fingerprint density at radius 2 is 1.39 bits per heavy atom. The number of carbonyl (C=O) groups is 3. The monoisotopic (exact) mass is 655 g/mol. The summed E-state index contributed by atoms with van der Waals surface area (Å²) in [5.41, 5.74) is -0.398. The number of fused-ring (bicyclic) bond motifs is 5. The standard InChI is InChI=1S/C23H12Cl7N3O5/c24-12-7-3-2-6-11(12)18(34)31(9-10-5-1-4-8-13(10)33(37)38)32-19(35)14-15(20(32)36)22(28)17(26)16(25)21(14,27)23(22,29)30/h1-8,14-15H,9H2/t14-,15-,21-,22-/m1/s1. The van der Waals surface area contributed by atoms with Gasteiger partial charge in [0.25, 0.3) is 23.4 Å². The van der Waals surface area contributed by atoms with Gasteiger partial charge in [-0.05, 0) is 12.1 Å². The van der Waals surface area contributed by atoms with Crippen molar-refractivity contribution < 1.29 is 19.3 Å². The van der Waals surface area contributed by atoms with Gasteiger partial charge in [-0.25, -0.2) is 5.01 Å². The van der Waals surface area contributed by atoms with Gasteiger partial charge in [-0.2, -0.15) is 5.01 Å². The van der Waals surface area contributed by atoms with Gasteiger partial charge in [-0.1, -0.05) is 88.3 Å². The van der Waals surface area contributed by atoms with E-state index in [4.69, 9.17) is 81.2 Å². The molecule has 1 saturated heterocycles. The van der Waals surface area contributed by atoms with Gasteiger partial charge in [0, 0.05) is 6.07 Å². The summed E-state index contributed by atoms with van der Waals surface area (Å²) in [7, 11) is 0. The number of carbonyl (C=O) groups excluding carboxylic acids is 3. The topological polar surface area (TPSA) is 101 Å². The van der Waals surface area contributed by atoms with E-state index in [-0.39, 0.29) is 31.9 Å². The molecule has 0 unspecified atom stereocenters. The first-order valence-corrected chi connectivity index (χ1v) is 13.4. The first-order chi connectivity index (χ1) is 17.7. The Hall–Kier alpha value is -1.78. The van der Waals surface area contributed by atoms with Crippen molar-refractivity contribution in [2.45, 2.75) is 20.6 Å². The number of allylic oxidation sites excluding steroid dienone is 2. The summed E-state index contributed by atoms with van der Waals surface area (Å²) < 4.78 is -2.17. The van der Waals surface area contributed by atoms with Crippen molar-refractivity contribution in [3.05, 3.63) is 84.9 Å². The maximum atomic E-state index is 13.9. The van der Waals surface area contributed by atoms with Crippen molar-refractivity contribution >= 4 is 105 Å². The number of benzene rings is 2. The van der Waals surface area contributed by atoms with E-state index in [9.17, 15) is 24.5 Å². The number of nitro groups is 1. The molecule has 1 aliphatic heterocycles. The molecule has 2 aliphatic carbocycles. The molecule has 2 aromatic rings. The zero-order valence-corrected chi connectivity index (χ0v) is 23.8. The average Bonchev–Trinajstić information content (AvgIpc) is 3.26. The number of rotatable bonds is 5. The maximum Gasteiger partial charge on any atom is 0.274 e. The van der Waals surface area contributed by atoms with Crippen molar-refractivity contribution in [2.75, 3.05) is 0 Å². The summed E-state index contributed by atoms with van der Waals surface area (Å²) in [4.78, 5) is 48.4. The molecule has 0 N–H and O–H groups in total. The molecule has 38 heavy (non-hydrogen) atoms. The first kappa shape index (κ1) is 27.8. The van der Waals surface area contributed by atoms with Crippen LogP contribution in [0.3, 0.4) is 0 Å². The van der Waals surface area contributed by atoms with Crippen molar-refractivity contribution in [1.29, 1.82) is 0 Å². The van der Waals surface area contributed by atoms with Crippen LogP contribution in [0, 0.1) is 22.0 Å². The number of alkyl halides is 4. The fourth-order valence-corrected chi connectivity index (χ4v) is 8.35. The molecular weight excluding hydrogens is 646 g/mol. The maximum absolute atomic E-state index is 13.9. The Balaban J connectivity index is 1.66. The highest BCUT2D eigenvalue weighted by molar-refractivity contribution is 6.66. The van der Waals surface area contributed by atoms with Gasteiger partial charge in [0.05, 0.1) is 49.5 Å². The predicted octanol–water partition coefficient (Wildman–Crippen LogP) is 6.25. The number of nitrogens with zero attached hydrogens (tertiary/aromatic N) is 3. The Bertz CT molecular complexity index is 1440. The predicted molar refractivity (Wildman–Crippen MR) is 144 cm³/mol. The minimum absolute atomic E-state index is 0.0142. The zero-order chi connectivity index (χ0) is 27.9. The van der Waals surface area contributed by atoms with Crippen molar-refractivity contribution in [2.24, 2.45) is 11.8 Å². The molecular formula is C23H12Cl7N3O5. The van der Waals surface area contributed by atoms with Gasteiger partial charge in [0.1, 0.15) is 9.75 Å². The van der Waals surface area contributed by atoms with E-state index < -0.39 is 55.1 Å². The SMILES string of the molecule is O=C(c1ccccc1Cl)N(Cc1ccccc1[N+](=O)[O-])N1C(=O)[C@H]2[C@H](C1=O)[C@@]1(Cl)C(Cl)=C(Cl)[C@@]2(Cl)C1(Cl)Cl. The summed E-state index contributed by atoms with van der Waals surface area (Å²) in [6.45, 7) is -0.565. The smallest absolute Gasteiger partial charge is 0.272 e. The lowest BCUT2D eigenvalue weighted by molar-refractivity contribution is -0.385. The van der Waals surface area contributed by atoms with Crippen LogP contribution in [0.4, 0.5) is 5.69 Å². The van der Waals surface area contributed by atoms with Crippen molar-refractivity contribution in [3.8, 4) is 0 Å². The lowest BCUT2D eigenvalue weighted by atomic mass is 9.84. The average molecular weight is 659 g/mol. The lowest BCUT2D eigenvalue weighted by Crippen LogP contribution is -2.55. The highest BCUT2D eigenvalue weighted by atomic mass is 35.5. The van der Waals surface area contributed by atoms with Crippen LogP contribution in [0.1, 0.15) is 15.9 Å². The molecule has 3 aliphatic rings. The molecule has 2 fully saturated rings. The molecule has 4 atom stereocenters. The Morgan fingerprint density at radius 1 is 0.895 bits per heavy atom. The van der Waals surface area contributed by atoms with E-state index in [1.165, 1.54) is 42.5 Å². The molecule has 5 rings (SSSR count). The molecule has 2 bridgehead atoms. The number of hydrogen-bond acceptors (Lipinski definition) is 5. The fourth-order valence-electron chi connectivity index (χ4n) is 5.21. The fraction of sp³-hybridized carbons (Fsp3) is 0.261. The van der Waals surface area contributed by atoms with E-state index in [0.717, 1.165) is 5.01 Å². The molecule has 1 saturated carbocycles. The number of hydrogen-bond donors (Lipinski definition) is 0. The molecule has 15 heteroatoms. The molecule has 1 heterocycles. The largest absolute Gasteiger partial charge is 0.274 e. The van der Waals surface area contributed by atoms with Crippen LogP contribution >= 0.6 is 81.2 Å². The van der Waals surface area contributed by atoms with Crippen molar-refractivity contribution in [1.82, 2.24) is 10.0 Å². The summed E-state index contributed by atoms with van der Waals surface area (Å²) in [6, 6.07) is 11.4. The second-order valence-corrected chi connectivity index (χ2v) is 12.5. The Morgan fingerprint density at radius 3 is 1.92 bits per heavy atom. The molecule has 2 aromatic carbocycles. The molecule has 0 aromatic heterocycles. The van der Waals surface area contributed by atoms with Gasteiger partial charge in [-0.3, -0.25) is 24.5 Å². The quantitative estimate of drug-likeness (QED) is 0.164. The van der Waals surface area contributed by atoms with Crippen LogP contribution in [0.15, 0.2) is 58.6 Å². The third-order valence-corrected chi connectivity index (χ3v) is 11.6. The molecule has 3 amide bonds. The van der Waals surface area contributed by atoms with E-state index >= 15 is 0 Å². The molecule has 0 radical (unpaired) electrons. The summed E-state index contributed by atoms with van der Waals surface area (Å²) in [6.07, 6.45) is 0. The van der Waals surface area contributed by atoms with Gasteiger partial charge in [0.15, 0.2) is 4.33 Å². The highest BCUT2D eigenvalue weighted by Gasteiger charge is 2.88. The van der Waals surface area contributed by atoms with Gasteiger partial charge in [-0.15, -0.1) is 23.2 Å². The second-order valence-electron chi connectivity index (χ2n) is 8.80. The van der Waals surface area contributed by atoms with E-state index in [0.29, 0.717) is 5.01 Å². The molecule has 8 nitrogen and oxygen atoms in total. The highest BCUT2D eigenvalue weighted by Crippen LogP contribution is 2.77. The normalized spacial score (nSPS) is 29.2. The van der Waals surface area contributed by atoms with Gasteiger partial charge < -0.3 is 0 Å². The van der Waals surface area contributed by atoms with Crippen LogP contribution in [-0.4, -0.2) is 46.7 Å². The van der Waals surface area contributed by atoms with Crippen LogP contribution < -0.4 is 0 Å². The number of nitro benzene ring substituents is 1. The molecule has 0 spiro atoms. The third kappa shape index (κ3) is 3.35. The van der Waals surface area contributed by atoms with Crippen LogP contribution in [0.2, 0.25) is 5.02 Å². The van der Waals surface area contributed by atoms with Crippen LogP contribution in [-0.2, 0) is 16.1 Å². The zero-order valence-electron chi connectivity index (χ0n) is 18.5. The number of halogens is 7. The number of amides is 3. The van der Waals surface area contributed by atoms with Gasteiger partial charge >= 0.3 is 0 Å². The Labute approximate surface area is 250 Å². The third-order valence-electron chi connectivity index (χ3n) is 6.97. The van der Waals surface area contributed by atoms with Crippen LogP contribution in [0.25, 0.3) is 0 Å². The number of imide groups is 1. The van der Waals surface area contributed by atoms with E-state index in [2.05, 4.69) is 0 Å². The minimum atomic E-state index is -2.17. The van der Waals surface area contributed by atoms with Crippen LogP contribution in [0.5, 0.6) is 0 Å². The summed E-state index contributed by atoms with van der Waals surface area (Å²) in [5.74, 6) is -5.91. The number of hydrazine groups is 1. The number of para-hydroxylation sites is 1. The second kappa shape index (κ2) is 9.13.